The van der Waals surface area contributed by atoms with Gasteiger partial charge in [0.25, 0.3) is 5.56 Å². The Balaban J connectivity index is 1.36. The Morgan fingerprint density at radius 2 is 2.00 bits per heavy atom. The number of ether oxygens (including phenoxy) is 1. The number of para-hydroxylation sites is 2. The summed E-state index contributed by atoms with van der Waals surface area (Å²) in [5.41, 5.74) is 1.30. The van der Waals surface area contributed by atoms with Crippen LogP contribution in [0.3, 0.4) is 0 Å². The maximum Gasteiger partial charge on any atom is 0.294 e. The zero-order valence-corrected chi connectivity index (χ0v) is 18.2. The van der Waals surface area contributed by atoms with Gasteiger partial charge in [-0.3, -0.25) is 9.59 Å². The Morgan fingerprint density at radius 3 is 2.78 bits per heavy atom. The monoisotopic (exact) mass is 436 g/mol. The van der Waals surface area contributed by atoms with Crippen molar-refractivity contribution in [3.63, 3.8) is 0 Å². The summed E-state index contributed by atoms with van der Waals surface area (Å²) in [7, 11) is 0. The summed E-state index contributed by atoms with van der Waals surface area (Å²) in [6.07, 6.45) is 4.30. The van der Waals surface area contributed by atoms with Crippen molar-refractivity contribution in [1.29, 1.82) is 0 Å². The molecular weight excluding hydrogens is 408 g/mol. The largest absolute Gasteiger partial charge is 0.378 e. The molecule has 1 aliphatic carbocycles. The van der Waals surface area contributed by atoms with Crippen molar-refractivity contribution in [2.24, 2.45) is 5.92 Å². The minimum atomic E-state index is -0.175. The lowest BCUT2D eigenvalue weighted by molar-refractivity contribution is -0.116. The maximum atomic E-state index is 13.3. The minimum absolute atomic E-state index is 0.143. The summed E-state index contributed by atoms with van der Waals surface area (Å²) >= 11 is 0. The Bertz CT molecular complexity index is 1180. The first kappa shape index (κ1) is 20.7. The molecule has 1 N–H and O–H groups in total. The quantitative estimate of drug-likeness (QED) is 0.611. The van der Waals surface area contributed by atoms with Gasteiger partial charge in [-0.25, -0.2) is 9.67 Å². The fraction of sp³-hybridized carbons (Fsp3) is 0.478. The molecule has 1 saturated heterocycles. The first-order valence-electron chi connectivity index (χ1n) is 11.3. The van der Waals surface area contributed by atoms with E-state index in [1.165, 1.54) is 12.8 Å². The molecule has 2 aromatic heterocycles. The maximum absolute atomic E-state index is 13.3. The van der Waals surface area contributed by atoms with E-state index in [-0.39, 0.29) is 30.5 Å². The number of carbonyl (C=O) groups excluding carboxylic acids is 1. The molecule has 3 aromatic rings. The third-order valence-corrected chi connectivity index (χ3v) is 6.34. The van der Waals surface area contributed by atoms with Gasteiger partial charge in [-0.15, -0.1) is 0 Å². The predicted molar refractivity (Wildman–Crippen MR) is 122 cm³/mol. The van der Waals surface area contributed by atoms with Crippen LogP contribution < -0.4 is 15.8 Å². The highest BCUT2D eigenvalue weighted by Gasteiger charge is 2.30. The van der Waals surface area contributed by atoms with Gasteiger partial charge in [-0.05, 0) is 37.8 Å². The van der Waals surface area contributed by atoms with Crippen LogP contribution in [0.15, 0.2) is 41.3 Å². The number of nitrogens with one attached hydrogen (secondary N) is 1. The van der Waals surface area contributed by atoms with Gasteiger partial charge in [-0.2, -0.15) is 5.10 Å². The second-order valence-electron chi connectivity index (χ2n) is 8.52. The molecule has 2 fully saturated rings. The number of carbonyl (C=O) groups is 1. The number of hydrogen-bond donors (Lipinski definition) is 1. The van der Waals surface area contributed by atoms with Gasteiger partial charge in [0, 0.05) is 32.1 Å². The number of amides is 1. The van der Waals surface area contributed by atoms with E-state index in [0.29, 0.717) is 43.9 Å². The summed E-state index contributed by atoms with van der Waals surface area (Å²) in [5.74, 6) is 1.61. The summed E-state index contributed by atoms with van der Waals surface area (Å²) in [6, 6.07) is 9.64. The lowest BCUT2D eigenvalue weighted by Crippen LogP contribution is -2.41. The van der Waals surface area contributed by atoms with Crippen molar-refractivity contribution >= 4 is 28.6 Å². The second kappa shape index (κ2) is 8.74. The van der Waals surface area contributed by atoms with Crippen LogP contribution in [-0.4, -0.2) is 51.5 Å². The normalized spacial score (nSPS) is 17.5. The number of nitrogens with zero attached hydrogens (tertiary/aromatic N) is 5. The first-order valence-corrected chi connectivity index (χ1v) is 11.3. The molecule has 9 nitrogen and oxygen atoms in total. The molecule has 0 spiro atoms. The molecule has 5 rings (SSSR count). The van der Waals surface area contributed by atoms with Crippen LogP contribution in [0.1, 0.15) is 32.2 Å². The molecule has 1 saturated carbocycles. The van der Waals surface area contributed by atoms with Gasteiger partial charge in [-0.1, -0.05) is 12.1 Å². The number of aromatic nitrogens is 4. The molecule has 1 aromatic carbocycles. The van der Waals surface area contributed by atoms with Gasteiger partial charge in [0.1, 0.15) is 5.82 Å². The third-order valence-electron chi connectivity index (χ3n) is 6.34. The van der Waals surface area contributed by atoms with Gasteiger partial charge in [0.15, 0.2) is 5.82 Å². The van der Waals surface area contributed by atoms with Crippen LogP contribution in [0.25, 0.3) is 11.0 Å². The Kier molecular flexibility index (Phi) is 5.65. The summed E-state index contributed by atoms with van der Waals surface area (Å²) in [6.45, 7) is 4.81. The lowest BCUT2D eigenvalue weighted by Gasteiger charge is -2.28. The van der Waals surface area contributed by atoms with Crippen LogP contribution in [0, 0.1) is 5.92 Å². The van der Waals surface area contributed by atoms with E-state index in [1.807, 2.05) is 39.9 Å². The average Bonchev–Trinajstić information content (AvgIpc) is 3.57. The Labute approximate surface area is 186 Å². The Hall–Kier alpha value is -3.20. The highest BCUT2D eigenvalue weighted by Crippen LogP contribution is 2.40. The van der Waals surface area contributed by atoms with Crippen LogP contribution >= 0.6 is 0 Å². The van der Waals surface area contributed by atoms with Crippen LogP contribution in [0.5, 0.6) is 0 Å². The summed E-state index contributed by atoms with van der Waals surface area (Å²) in [4.78, 5) is 32.7. The zero-order chi connectivity index (χ0) is 22.1. The summed E-state index contributed by atoms with van der Waals surface area (Å²) in [5, 5.41) is 7.36. The van der Waals surface area contributed by atoms with Crippen molar-refractivity contribution < 1.29 is 9.53 Å². The van der Waals surface area contributed by atoms with Crippen LogP contribution in [0.2, 0.25) is 0 Å². The SMILES string of the molecule is CC(C1CC1)n1nccc1NC(=O)CCn1c(=O)c(N2CCOCC2)nc2ccccc21. The molecular formula is C23H28N6O3. The number of fused-ring (bicyclic) bond motifs is 1. The van der Waals surface area contributed by atoms with Gasteiger partial charge < -0.3 is 19.5 Å². The van der Waals surface area contributed by atoms with Crippen molar-refractivity contribution in [3.05, 3.63) is 46.9 Å². The third kappa shape index (κ3) is 4.12. The molecule has 9 heteroatoms. The van der Waals surface area contributed by atoms with E-state index in [4.69, 9.17) is 4.74 Å². The number of hydrogen-bond acceptors (Lipinski definition) is 6. The van der Waals surface area contributed by atoms with Crippen molar-refractivity contribution in [3.8, 4) is 0 Å². The first-order chi connectivity index (χ1) is 15.6. The second-order valence-corrected chi connectivity index (χ2v) is 8.52. The van der Waals surface area contributed by atoms with Gasteiger partial charge in [0.05, 0.1) is 36.5 Å². The zero-order valence-electron chi connectivity index (χ0n) is 18.2. The molecule has 3 heterocycles. The molecule has 1 amide bonds. The number of rotatable bonds is 7. The number of benzene rings is 1. The van der Waals surface area contributed by atoms with Gasteiger partial charge in [0.2, 0.25) is 5.91 Å². The highest BCUT2D eigenvalue weighted by atomic mass is 16.5. The molecule has 0 bridgehead atoms. The van der Waals surface area contributed by atoms with E-state index >= 15 is 0 Å². The lowest BCUT2D eigenvalue weighted by atomic mass is 10.2. The standard InChI is InChI=1S/C23H28N6O3/c1-16(17-6-7-17)29-20(8-10-24-29)26-21(30)9-11-28-19-5-3-2-4-18(19)25-22(23(28)31)27-12-14-32-15-13-27/h2-5,8,10,16-17H,6-7,9,11-15H2,1H3,(H,26,30). The Morgan fingerprint density at radius 1 is 1.22 bits per heavy atom. The molecule has 1 aliphatic heterocycles. The number of morpholine rings is 1. The van der Waals surface area contributed by atoms with Crippen molar-refractivity contribution in [2.45, 2.75) is 38.8 Å². The van der Waals surface area contributed by atoms with Crippen molar-refractivity contribution in [2.75, 3.05) is 36.5 Å². The van der Waals surface area contributed by atoms with E-state index < -0.39 is 0 Å². The van der Waals surface area contributed by atoms with E-state index in [9.17, 15) is 9.59 Å². The molecule has 1 unspecified atom stereocenters. The minimum Gasteiger partial charge on any atom is -0.378 e. The van der Waals surface area contributed by atoms with E-state index in [1.54, 1.807) is 10.8 Å². The molecule has 1 atom stereocenters. The molecule has 2 aliphatic rings. The summed E-state index contributed by atoms with van der Waals surface area (Å²) < 4.78 is 8.97. The molecule has 32 heavy (non-hydrogen) atoms. The van der Waals surface area contributed by atoms with E-state index in [2.05, 4.69) is 22.3 Å². The fourth-order valence-electron chi connectivity index (χ4n) is 4.32. The fourth-order valence-corrected chi connectivity index (χ4v) is 4.32. The topological polar surface area (TPSA) is 94.3 Å². The van der Waals surface area contributed by atoms with Gasteiger partial charge >= 0.3 is 0 Å². The predicted octanol–water partition coefficient (Wildman–Crippen LogP) is 2.43. The average molecular weight is 437 g/mol. The van der Waals surface area contributed by atoms with E-state index in [0.717, 1.165) is 11.0 Å². The molecule has 0 radical (unpaired) electrons. The molecule has 168 valence electrons. The highest BCUT2D eigenvalue weighted by molar-refractivity contribution is 5.90. The number of anilines is 2. The van der Waals surface area contributed by atoms with Crippen LogP contribution in [-0.2, 0) is 16.1 Å². The van der Waals surface area contributed by atoms with Crippen LogP contribution in [0.4, 0.5) is 11.6 Å². The smallest absolute Gasteiger partial charge is 0.294 e. The van der Waals surface area contributed by atoms with Crippen molar-refractivity contribution in [1.82, 2.24) is 19.3 Å². The number of aryl methyl sites for hydroxylation is 1.